The second-order valence-corrected chi connectivity index (χ2v) is 3.74. The molecule has 0 aromatic carbocycles. The molecule has 1 aromatic rings. The van der Waals surface area contributed by atoms with Crippen LogP contribution in [-0.4, -0.2) is 27.3 Å². The average molecular weight is 211 g/mol. The molecule has 0 spiro atoms. The molecule has 1 unspecified atom stereocenters. The third-order valence-electron chi connectivity index (χ3n) is 2.18. The number of aliphatic hydroxyl groups excluding tert-OH is 1. The lowest BCUT2D eigenvalue weighted by molar-refractivity contribution is -0.116. The number of anilines is 1. The Bertz CT molecular complexity index is 325. The van der Waals surface area contributed by atoms with Gasteiger partial charge < -0.3 is 10.4 Å². The zero-order valence-corrected chi connectivity index (χ0v) is 9.29. The van der Waals surface area contributed by atoms with Gasteiger partial charge in [0.25, 0.3) is 0 Å². The Morgan fingerprint density at radius 3 is 2.73 bits per heavy atom. The predicted octanol–water partition coefficient (Wildman–Crippen LogP) is 1.13. The maximum absolute atomic E-state index is 11.5. The van der Waals surface area contributed by atoms with Gasteiger partial charge in [-0.25, -0.2) is 0 Å². The van der Waals surface area contributed by atoms with E-state index in [1.807, 2.05) is 13.8 Å². The van der Waals surface area contributed by atoms with E-state index in [2.05, 4.69) is 15.5 Å². The SMILES string of the molecule is Cc1n[nH]c(C)c1NC(=O)CCC(C)O. The van der Waals surface area contributed by atoms with E-state index >= 15 is 0 Å². The molecule has 0 fully saturated rings. The fourth-order valence-electron chi connectivity index (χ4n) is 1.28. The summed E-state index contributed by atoms with van der Waals surface area (Å²) in [5, 5.41) is 18.6. The first-order valence-corrected chi connectivity index (χ1v) is 5.00. The molecule has 84 valence electrons. The normalized spacial score (nSPS) is 12.5. The van der Waals surface area contributed by atoms with Gasteiger partial charge in [0.15, 0.2) is 0 Å². The Kier molecular flexibility index (Phi) is 3.85. The lowest BCUT2D eigenvalue weighted by atomic mass is 10.2. The number of nitrogens with one attached hydrogen (secondary N) is 2. The Morgan fingerprint density at radius 1 is 1.60 bits per heavy atom. The van der Waals surface area contributed by atoms with Crippen molar-refractivity contribution in [2.45, 2.75) is 39.7 Å². The number of carbonyl (C=O) groups excluding carboxylic acids is 1. The van der Waals surface area contributed by atoms with E-state index in [9.17, 15) is 4.79 Å². The van der Waals surface area contributed by atoms with Gasteiger partial charge in [-0.3, -0.25) is 9.89 Å². The molecule has 1 aromatic heterocycles. The minimum absolute atomic E-state index is 0.0940. The van der Waals surface area contributed by atoms with E-state index in [-0.39, 0.29) is 5.91 Å². The molecule has 1 rings (SSSR count). The van der Waals surface area contributed by atoms with Crippen molar-refractivity contribution in [1.29, 1.82) is 0 Å². The second-order valence-electron chi connectivity index (χ2n) is 3.74. The molecule has 0 bridgehead atoms. The van der Waals surface area contributed by atoms with Crippen molar-refractivity contribution in [3.05, 3.63) is 11.4 Å². The van der Waals surface area contributed by atoms with Crippen LogP contribution in [0.1, 0.15) is 31.2 Å². The van der Waals surface area contributed by atoms with Crippen LogP contribution in [0.2, 0.25) is 0 Å². The number of aromatic amines is 1. The van der Waals surface area contributed by atoms with Crippen LogP contribution in [0.25, 0.3) is 0 Å². The van der Waals surface area contributed by atoms with E-state index in [1.165, 1.54) is 0 Å². The Hall–Kier alpha value is -1.36. The van der Waals surface area contributed by atoms with Crippen LogP contribution in [0.4, 0.5) is 5.69 Å². The minimum Gasteiger partial charge on any atom is -0.393 e. The van der Waals surface area contributed by atoms with E-state index in [0.717, 1.165) is 17.1 Å². The Morgan fingerprint density at radius 2 is 2.27 bits per heavy atom. The molecule has 1 atom stereocenters. The number of rotatable bonds is 4. The van der Waals surface area contributed by atoms with Crippen LogP contribution in [0.15, 0.2) is 0 Å². The van der Waals surface area contributed by atoms with Crippen LogP contribution in [0.3, 0.4) is 0 Å². The van der Waals surface area contributed by atoms with Gasteiger partial charge in [-0.15, -0.1) is 0 Å². The van der Waals surface area contributed by atoms with Crippen molar-refractivity contribution >= 4 is 11.6 Å². The van der Waals surface area contributed by atoms with Crippen molar-refractivity contribution in [3.63, 3.8) is 0 Å². The first kappa shape index (κ1) is 11.7. The van der Waals surface area contributed by atoms with Crippen LogP contribution in [0.5, 0.6) is 0 Å². The van der Waals surface area contributed by atoms with Gasteiger partial charge in [-0.2, -0.15) is 5.10 Å². The molecule has 0 saturated heterocycles. The minimum atomic E-state index is -0.442. The lowest BCUT2D eigenvalue weighted by Crippen LogP contribution is -2.14. The molecule has 5 nitrogen and oxygen atoms in total. The number of nitrogens with zero attached hydrogens (tertiary/aromatic N) is 1. The fraction of sp³-hybridized carbons (Fsp3) is 0.600. The van der Waals surface area contributed by atoms with Gasteiger partial charge in [0, 0.05) is 6.42 Å². The summed E-state index contributed by atoms with van der Waals surface area (Å²) in [6.07, 6.45) is 0.353. The second kappa shape index (κ2) is 4.93. The summed E-state index contributed by atoms with van der Waals surface area (Å²) < 4.78 is 0. The Labute approximate surface area is 88.9 Å². The maximum Gasteiger partial charge on any atom is 0.224 e. The molecular weight excluding hydrogens is 194 g/mol. The summed E-state index contributed by atoms with van der Waals surface area (Å²) >= 11 is 0. The molecule has 0 radical (unpaired) electrons. The highest BCUT2D eigenvalue weighted by atomic mass is 16.3. The molecular formula is C10H17N3O2. The smallest absolute Gasteiger partial charge is 0.224 e. The molecule has 1 amide bonds. The zero-order valence-electron chi connectivity index (χ0n) is 9.29. The van der Waals surface area contributed by atoms with Gasteiger partial charge in [0.2, 0.25) is 5.91 Å². The number of aryl methyl sites for hydroxylation is 2. The van der Waals surface area contributed by atoms with Gasteiger partial charge in [-0.1, -0.05) is 0 Å². The van der Waals surface area contributed by atoms with Crippen molar-refractivity contribution in [2.24, 2.45) is 0 Å². The summed E-state index contributed by atoms with van der Waals surface area (Å²) in [6.45, 7) is 5.35. The third-order valence-corrected chi connectivity index (χ3v) is 2.18. The summed E-state index contributed by atoms with van der Waals surface area (Å²) in [5.74, 6) is -0.0940. The monoisotopic (exact) mass is 211 g/mol. The quantitative estimate of drug-likeness (QED) is 0.698. The van der Waals surface area contributed by atoms with Gasteiger partial charge in [0.1, 0.15) is 0 Å². The number of carbonyl (C=O) groups is 1. The lowest BCUT2D eigenvalue weighted by Gasteiger charge is -2.06. The predicted molar refractivity (Wildman–Crippen MR) is 57.6 cm³/mol. The van der Waals surface area contributed by atoms with Crippen molar-refractivity contribution in [3.8, 4) is 0 Å². The highest BCUT2D eigenvalue weighted by Crippen LogP contribution is 2.16. The number of hydrogen-bond acceptors (Lipinski definition) is 3. The number of hydrogen-bond donors (Lipinski definition) is 3. The fourth-order valence-corrected chi connectivity index (χ4v) is 1.28. The molecule has 0 aliphatic rings. The Balaban J connectivity index is 2.51. The summed E-state index contributed by atoms with van der Waals surface area (Å²) in [7, 11) is 0. The summed E-state index contributed by atoms with van der Waals surface area (Å²) in [6, 6.07) is 0. The first-order chi connectivity index (χ1) is 7.00. The van der Waals surface area contributed by atoms with E-state index in [0.29, 0.717) is 12.8 Å². The first-order valence-electron chi connectivity index (χ1n) is 5.00. The van der Waals surface area contributed by atoms with E-state index in [4.69, 9.17) is 5.11 Å². The van der Waals surface area contributed by atoms with E-state index < -0.39 is 6.10 Å². The van der Waals surface area contributed by atoms with E-state index in [1.54, 1.807) is 6.92 Å². The summed E-state index contributed by atoms with van der Waals surface area (Å²) in [5.41, 5.74) is 2.36. The molecule has 15 heavy (non-hydrogen) atoms. The van der Waals surface area contributed by atoms with Crippen LogP contribution >= 0.6 is 0 Å². The number of H-pyrrole nitrogens is 1. The highest BCUT2D eigenvalue weighted by Gasteiger charge is 2.10. The summed E-state index contributed by atoms with van der Waals surface area (Å²) in [4.78, 5) is 11.5. The highest BCUT2D eigenvalue weighted by molar-refractivity contribution is 5.91. The molecule has 1 heterocycles. The number of amides is 1. The molecule has 0 aliphatic heterocycles. The largest absolute Gasteiger partial charge is 0.393 e. The van der Waals surface area contributed by atoms with Crippen LogP contribution in [0, 0.1) is 13.8 Å². The van der Waals surface area contributed by atoms with Crippen molar-refractivity contribution in [1.82, 2.24) is 10.2 Å². The number of aromatic nitrogens is 2. The molecule has 0 aliphatic carbocycles. The average Bonchev–Trinajstić information content (AvgIpc) is 2.46. The van der Waals surface area contributed by atoms with Crippen LogP contribution < -0.4 is 5.32 Å². The third kappa shape index (κ3) is 3.36. The van der Waals surface area contributed by atoms with Crippen LogP contribution in [-0.2, 0) is 4.79 Å². The molecule has 3 N–H and O–H groups in total. The molecule has 5 heteroatoms. The topological polar surface area (TPSA) is 78.0 Å². The van der Waals surface area contributed by atoms with Gasteiger partial charge in [0.05, 0.1) is 23.2 Å². The zero-order chi connectivity index (χ0) is 11.4. The van der Waals surface area contributed by atoms with Gasteiger partial charge >= 0.3 is 0 Å². The maximum atomic E-state index is 11.5. The van der Waals surface area contributed by atoms with Crippen molar-refractivity contribution in [2.75, 3.05) is 5.32 Å². The molecule has 0 saturated carbocycles. The van der Waals surface area contributed by atoms with Gasteiger partial charge in [-0.05, 0) is 27.2 Å². The standard InChI is InChI=1S/C10H17N3O2/c1-6(14)4-5-9(15)11-10-7(2)12-13-8(10)3/h6,14H,4-5H2,1-3H3,(H,11,15)(H,12,13). The number of aliphatic hydroxyl groups is 1. The van der Waals surface area contributed by atoms with Crippen molar-refractivity contribution < 1.29 is 9.90 Å².